The lowest BCUT2D eigenvalue weighted by Gasteiger charge is -2.25. The van der Waals surface area contributed by atoms with Gasteiger partial charge in [0.2, 0.25) is 5.88 Å². The lowest BCUT2D eigenvalue weighted by molar-refractivity contribution is 0.391. The zero-order valence-corrected chi connectivity index (χ0v) is 11.4. The molecular weight excluding hydrogens is 266 g/mol. The van der Waals surface area contributed by atoms with Crippen LogP contribution in [0.2, 0.25) is 0 Å². The number of aryl methyl sites for hydroxylation is 1. The van der Waals surface area contributed by atoms with Gasteiger partial charge in [-0.15, -0.1) is 0 Å². The Morgan fingerprint density at radius 2 is 2.05 bits per heavy atom. The molecule has 0 spiro atoms. The molecule has 1 aliphatic rings. The van der Waals surface area contributed by atoms with Crippen molar-refractivity contribution in [1.29, 1.82) is 5.26 Å². The molecule has 1 aliphatic heterocycles. The lowest BCUT2D eigenvalue weighted by Crippen LogP contribution is -2.27. The smallest absolute Gasteiger partial charge is 0.256 e. The Morgan fingerprint density at radius 3 is 2.71 bits per heavy atom. The SMILES string of the molecule is Cc1cc2c(c(=O)[nH]1)[C@@H](c1ccccc1)C(C#N)=C(N)O2. The van der Waals surface area contributed by atoms with Crippen molar-refractivity contribution in [3.05, 3.63) is 75.0 Å². The summed E-state index contributed by atoms with van der Waals surface area (Å²) in [7, 11) is 0. The zero-order valence-electron chi connectivity index (χ0n) is 11.4. The van der Waals surface area contributed by atoms with Gasteiger partial charge >= 0.3 is 0 Å². The second kappa shape index (κ2) is 4.84. The highest BCUT2D eigenvalue weighted by Crippen LogP contribution is 2.39. The van der Waals surface area contributed by atoms with Crippen molar-refractivity contribution in [1.82, 2.24) is 4.98 Å². The summed E-state index contributed by atoms with van der Waals surface area (Å²) in [4.78, 5) is 15.1. The molecule has 1 atom stereocenters. The predicted molar refractivity (Wildman–Crippen MR) is 77.5 cm³/mol. The van der Waals surface area contributed by atoms with Crippen LogP contribution >= 0.6 is 0 Å². The van der Waals surface area contributed by atoms with Crippen LogP contribution in [-0.2, 0) is 0 Å². The summed E-state index contributed by atoms with van der Waals surface area (Å²) in [5.74, 6) is -0.0604. The van der Waals surface area contributed by atoms with E-state index < -0.39 is 5.92 Å². The number of aromatic amines is 1. The van der Waals surface area contributed by atoms with Gasteiger partial charge in [-0.25, -0.2) is 0 Å². The molecule has 3 N–H and O–H groups in total. The molecule has 0 fully saturated rings. The number of aromatic nitrogens is 1. The van der Waals surface area contributed by atoms with E-state index in [1.807, 2.05) is 30.3 Å². The molecule has 21 heavy (non-hydrogen) atoms. The Labute approximate surface area is 121 Å². The summed E-state index contributed by atoms with van der Waals surface area (Å²) in [5.41, 5.74) is 7.77. The van der Waals surface area contributed by atoms with E-state index in [-0.39, 0.29) is 17.0 Å². The first kappa shape index (κ1) is 13.0. The summed E-state index contributed by atoms with van der Waals surface area (Å²) in [5, 5.41) is 9.38. The van der Waals surface area contributed by atoms with Crippen molar-refractivity contribution in [3.8, 4) is 11.8 Å². The van der Waals surface area contributed by atoms with Crippen LogP contribution < -0.4 is 16.0 Å². The molecule has 5 heteroatoms. The molecule has 0 saturated carbocycles. The minimum Gasteiger partial charge on any atom is -0.440 e. The Balaban J connectivity index is 2.32. The molecule has 0 bridgehead atoms. The molecule has 0 saturated heterocycles. The van der Waals surface area contributed by atoms with Gasteiger partial charge in [-0.2, -0.15) is 5.26 Å². The van der Waals surface area contributed by atoms with Crippen molar-refractivity contribution in [2.24, 2.45) is 5.73 Å². The Morgan fingerprint density at radius 1 is 1.33 bits per heavy atom. The lowest BCUT2D eigenvalue weighted by atomic mass is 9.84. The van der Waals surface area contributed by atoms with Crippen LogP contribution in [0, 0.1) is 18.3 Å². The van der Waals surface area contributed by atoms with Crippen molar-refractivity contribution >= 4 is 0 Å². The maximum absolute atomic E-state index is 12.3. The highest BCUT2D eigenvalue weighted by atomic mass is 16.5. The van der Waals surface area contributed by atoms with Gasteiger partial charge in [-0.3, -0.25) is 4.79 Å². The summed E-state index contributed by atoms with van der Waals surface area (Å²) >= 11 is 0. The first-order valence-corrected chi connectivity index (χ1v) is 6.48. The first-order chi connectivity index (χ1) is 10.1. The molecule has 5 nitrogen and oxygen atoms in total. The molecule has 0 amide bonds. The van der Waals surface area contributed by atoms with E-state index in [1.165, 1.54) is 0 Å². The summed E-state index contributed by atoms with van der Waals surface area (Å²) in [6.45, 7) is 1.77. The van der Waals surface area contributed by atoms with Gasteiger partial charge in [0.05, 0.1) is 11.5 Å². The number of fused-ring (bicyclic) bond motifs is 1. The Bertz CT molecular complexity index is 829. The third kappa shape index (κ3) is 2.07. The van der Waals surface area contributed by atoms with Crippen molar-refractivity contribution < 1.29 is 4.74 Å². The van der Waals surface area contributed by atoms with Crippen molar-refractivity contribution in [3.63, 3.8) is 0 Å². The molecule has 104 valence electrons. The van der Waals surface area contributed by atoms with Crippen molar-refractivity contribution in [2.75, 3.05) is 0 Å². The van der Waals surface area contributed by atoms with Gasteiger partial charge in [0, 0.05) is 11.8 Å². The molecule has 0 aliphatic carbocycles. The van der Waals surface area contributed by atoms with Gasteiger partial charge in [0.15, 0.2) is 0 Å². The molecule has 1 aromatic heterocycles. The maximum Gasteiger partial charge on any atom is 0.256 e. The average Bonchev–Trinajstić information content (AvgIpc) is 2.46. The first-order valence-electron chi connectivity index (χ1n) is 6.48. The number of allylic oxidation sites excluding steroid dienone is 1. The standard InChI is InChI=1S/C16H13N3O2/c1-9-7-12-14(16(20)19-9)13(10-5-3-2-4-6-10)11(8-17)15(18)21-12/h2-7,13H,18H2,1H3,(H,19,20)/t13-/m0/s1. The van der Waals surface area contributed by atoms with E-state index in [2.05, 4.69) is 11.1 Å². The normalized spacial score (nSPS) is 16.9. The monoisotopic (exact) mass is 279 g/mol. The molecule has 2 heterocycles. The topological polar surface area (TPSA) is 91.9 Å². The van der Waals surface area contributed by atoms with Crippen LogP contribution in [0.15, 0.2) is 52.6 Å². The van der Waals surface area contributed by atoms with Gasteiger partial charge in [-0.05, 0) is 12.5 Å². The number of hydrogen-bond donors (Lipinski definition) is 2. The second-order valence-corrected chi connectivity index (χ2v) is 4.89. The van der Waals surface area contributed by atoms with Crippen LogP contribution in [0.5, 0.6) is 5.75 Å². The minimum atomic E-state index is -0.510. The quantitative estimate of drug-likeness (QED) is 0.834. The molecular formula is C16H13N3O2. The van der Waals surface area contributed by atoms with Crippen molar-refractivity contribution in [2.45, 2.75) is 12.8 Å². The Hall–Kier alpha value is -3.00. The summed E-state index contributed by atoms with van der Waals surface area (Å²) in [6.07, 6.45) is 0. The number of nitriles is 1. The zero-order chi connectivity index (χ0) is 15.0. The second-order valence-electron chi connectivity index (χ2n) is 4.89. The fourth-order valence-electron chi connectivity index (χ4n) is 2.59. The highest BCUT2D eigenvalue weighted by molar-refractivity contribution is 5.54. The minimum absolute atomic E-state index is 0.0452. The van der Waals surface area contributed by atoms with Crippen LogP contribution in [0.25, 0.3) is 0 Å². The van der Waals surface area contributed by atoms with Crippen LogP contribution in [-0.4, -0.2) is 4.98 Å². The molecule has 2 aromatic rings. The third-order valence-electron chi connectivity index (χ3n) is 3.48. The number of benzene rings is 1. The fraction of sp³-hybridized carbons (Fsp3) is 0.125. The highest BCUT2D eigenvalue weighted by Gasteiger charge is 2.33. The number of hydrogen-bond acceptors (Lipinski definition) is 4. The summed E-state index contributed by atoms with van der Waals surface area (Å²) < 4.78 is 5.46. The van der Waals surface area contributed by atoms with E-state index in [4.69, 9.17) is 10.5 Å². The molecule has 0 unspecified atom stereocenters. The van der Waals surface area contributed by atoms with Gasteiger partial charge in [-0.1, -0.05) is 30.3 Å². The summed E-state index contributed by atoms with van der Waals surface area (Å²) in [6, 6.07) is 13.1. The van der Waals surface area contributed by atoms with Gasteiger partial charge in [0.25, 0.3) is 5.56 Å². The average molecular weight is 279 g/mol. The largest absolute Gasteiger partial charge is 0.440 e. The number of pyridine rings is 1. The molecule has 0 radical (unpaired) electrons. The van der Waals surface area contributed by atoms with Gasteiger partial charge < -0.3 is 15.5 Å². The number of ether oxygens (including phenoxy) is 1. The van der Waals surface area contributed by atoms with Crippen LogP contribution in [0.1, 0.15) is 22.7 Å². The number of H-pyrrole nitrogens is 1. The van der Waals surface area contributed by atoms with Gasteiger partial charge in [0.1, 0.15) is 17.4 Å². The number of nitrogens with zero attached hydrogens (tertiary/aromatic N) is 1. The number of nitrogens with two attached hydrogens (primary N) is 1. The van der Waals surface area contributed by atoms with E-state index in [9.17, 15) is 10.1 Å². The van der Waals surface area contributed by atoms with Crippen LogP contribution in [0.4, 0.5) is 0 Å². The number of rotatable bonds is 1. The van der Waals surface area contributed by atoms with E-state index >= 15 is 0 Å². The Kier molecular flexibility index (Phi) is 2.99. The van der Waals surface area contributed by atoms with E-state index in [0.29, 0.717) is 17.0 Å². The number of nitrogens with one attached hydrogen (secondary N) is 1. The molecule has 3 rings (SSSR count). The predicted octanol–water partition coefficient (Wildman–Crippen LogP) is 1.90. The third-order valence-corrected chi connectivity index (χ3v) is 3.48. The van der Waals surface area contributed by atoms with E-state index in [1.54, 1.807) is 13.0 Å². The van der Waals surface area contributed by atoms with Crippen LogP contribution in [0.3, 0.4) is 0 Å². The maximum atomic E-state index is 12.3. The van der Waals surface area contributed by atoms with E-state index in [0.717, 1.165) is 5.56 Å². The molecule has 1 aromatic carbocycles. The fourth-order valence-corrected chi connectivity index (χ4v) is 2.59.